The molecule has 3 saturated heterocycles. The Hall–Kier alpha value is -2.02. The SMILES string of the molecule is CC1OCC2O[C@H](O[C@@H]3C(C)O[C@@H](Sc4ccccc4)C(C)[C@@H]3O)C(N=[N+]=[N-])[C@@H](O)[C@@H]2O1.O=C=O. The van der Waals surface area contributed by atoms with Gasteiger partial charge in [-0.2, -0.15) is 9.59 Å². The van der Waals surface area contributed by atoms with Gasteiger partial charge in [0.2, 0.25) is 0 Å². The maximum Gasteiger partial charge on any atom is 0.373 e. The molecule has 12 nitrogen and oxygen atoms in total. The van der Waals surface area contributed by atoms with Crippen LogP contribution in [0.5, 0.6) is 0 Å². The Morgan fingerprint density at radius 3 is 2.46 bits per heavy atom. The van der Waals surface area contributed by atoms with Gasteiger partial charge in [-0.05, 0) is 31.5 Å². The second kappa shape index (κ2) is 12.8. The van der Waals surface area contributed by atoms with Crippen molar-refractivity contribution in [3.63, 3.8) is 0 Å². The first-order chi connectivity index (χ1) is 16.8. The van der Waals surface area contributed by atoms with Crippen LogP contribution in [0.4, 0.5) is 0 Å². The smallest absolute Gasteiger partial charge is 0.373 e. The highest BCUT2D eigenvalue weighted by Gasteiger charge is 2.51. The quantitative estimate of drug-likeness (QED) is 0.338. The molecule has 0 amide bonds. The van der Waals surface area contributed by atoms with Gasteiger partial charge in [-0.15, -0.1) is 0 Å². The first kappa shape index (κ1) is 27.6. The summed E-state index contributed by atoms with van der Waals surface area (Å²) in [5.74, 6) is -0.247. The summed E-state index contributed by atoms with van der Waals surface area (Å²) in [4.78, 5) is 20.1. The van der Waals surface area contributed by atoms with Gasteiger partial charge in [-0.1, -0.05) is 42.0 Å². The summed E-state index contributed by atoms with van der Waals surface area (Å²) in [7, 11) is 0. The summed E-state index contributed by atoms with van der Waals surface area (Å²) in [6.45, 7) is 5.64. The van der Waals surface area contributed by atoms with E-state index in [1.165, 1.54) is 0 Å². The van der Waals surface area contributed by atoms with Gasteiger partial charge >= 0.3 is 6.15 Å². The zero-order valence-corrected chi connectivity index (χ0v) is 20.3. The Labute approximate surface area is 206 Å². The molecule has 1 aromatic rings. The number of rotatable bonds is 5. The number of azide groups is 1. The standard InChI is InChI=1S/C21H29N3O7S.CO2/c1-10-16(25)18(11(2)28-21(10)32-13-7-5-4-6-8-13)31-20-15(23-24-22)17(26)19-14(30-20)9-27-12(3)29-19;2-1-3/h4-8,10-12,14-21,25-26H,9H2,1-3H3;/t10?,11?,12?,14?,15?,16-,17+,18+,19+,20+,21-;/m0./s1. The van der Waals surface area contributed by atoms with Gasteiger partial charge in [0.05, 0.1) is 24.9 Å². The highest BCUT2D eigenvalue weighted by atomic mass is 32.2. The number of aliphatic hydroxyl groups excluding tert-OH is 2. The number of fused-ring (bicyclic) bond motifs is 1. The van der Waals surface area contributed by atoms with E-state index in [0.717, 1.165) is 4.90 Å². The molecule has 5 unspecified atom stereocenters. The van der Waals surface area contributed by atoms with E-state index in [2.05, 4.69) is 10.0 Å². The fraction of sp³-hybridized carbons (Fsp3) is 0.682. The lowest BCUT2D eigenvalue weighted by Gasteiger charge is -2.49. The second-order valence-corrected chi connectivity index (χ2v) is 9.58. The van der Waals surface area contributed by atoms with Crippen molar-refractivity contribution < 1.29 is 43.5 Å². The van der Waals surface area contributed by atoms with Crippen LogP contribution in [0.1, 0.15) is 20.8 Å². The van der Waals surface area contributed by atoms with Crippen LogP contribution in [0.3, 0.4) is 0 Å². The number of hydrogen-bond donors (Lipinski definition) is 2. The van der Waals surface area contributed by atoms with E-state index in [1.807, 2.05) is 44.2 Å². The van der Waals surface area contributed by atoms with Crippen molar-refractivity contribution in [1.29, 1.82) is 0 Å². The Kier molecular flexibility index (Phi) is 10.1. The zero-order valence-electron chi connectivity index (χ0n) is 19.4. The first-order valence-electron chi connectivity index (χ1n) is 11.2. The van der Waals surface area contributed by atoms with E-state index in [1.54, 1.807) is 18.7 Å². The molecule has 2 N–H and O–H groups in total. The number of hydrogen-bond acceptors (Lipinski definition) is 11. The Morgan fingerprint density at radius 1 is 1.11 bits per heavy atom. The number of nitrogens with zero attached hydrogens (tertiary/aromatic N) is 3. The lowest BCUT2D eigenvalue weighted by atomic mass is 9.93. The molecular weight excluding hydrogens is 482 g/mol. The van der Waals surface area contributed by atoms with Gasteiger partial charge in [0.25, 0.3) is 0 Å². The van der Waals surface area contributed by atoms with Gasteiger partial charge in [0, 0.05) is 15.7 Å². The van der Waals surface area contributed by atoms with E-state index in [0.29, 0.717) is 0 Å². The minimum absolute atomic E-state index is 0.206. The van der Waals surface area contributed by atoms with Crippen molar-refractivity contribution in [2.75, 3.05) is 6.61 Å². The summed E-state index contributed by atoms with van der Waals surface area (Å²) >= 11 is 1.54. The van der Waals surface area contributed by atoms with Crippen molar-refractivity contribution >= 4 is 17.9 Å². The van der Waals surface area contributed by atoms with Crippen LogP contribution in [0, 0.1) is 5.92 Å². The molecule has 0 radical (unpaired) electrons. The number of ether oxygens (including phenoxy) is 5. The minimum Gasteiger partial charge on any atom is -0.390 e. The molecule has 35 heavy (non-hydrogen) atoms. The molecule has 3 aliphatic heterocycles. The van der Waals surface area contributed by atoms with Crippen molar-refractivity contribution in [2.45, 2.75) is 86.3 Å². The average Bonchev–Trinajstić information content (AvgIpc) is 2.84. The number of aliphatic hydroxyl groups is 2. The third-order valence-electron chi connectivity index (χ3n) is 6.07. The first-order valence-corrected chi connectivity index (χ1v) is 12.0. The van der Waals surface area contributed by atoms with Gasteiger partial charge in [0.1, 0.15) is 29.8 Å². The molecule has 0 spiro atoms. The molecule has 3 fully saturated rings. The van der Waals surface area contributed by atoms with Gasteiger partial charge < -0.3 is 33.9 Å². The molecule has 13 heteroatoms. The molecule has 4 rings (SSSR count). The molecular formula is C22H29N3O9S. The molecule has 0 saturated carbocycles. The van der Waals surface area contributed by atoms with Gasteiger partial charge in [0.15, 0.2) is 12.6 Å². The molecule has 3 heterocycles. The summed E-state index contributed by atoms with van der Waals surface area (Å²) in [5.41, 5.74) is 8.76. The van der Waals surface area contributed by atoms with Crippen LogP contribution < -0.4 is 0 Å². The van der Waals surface area contributed by atoms with Crippen molar-refractivity contribution in [2.24, 2.45) is 11.0 Å². The highest BCUT2D eigenvalue weighted by Crippen LogP contribution is 2.39. The predicted molar refractivity (Wildman–Crippen MR) is 120 cm³/mol. The fourth-order valence-electron chi connectivity index (χ4n) is 4.26. The third kappa shape index (κ3) is 6.60. The highest BCUT2D eigenvalue weighted by molar-refractivity contribution is 7.99. The zero-order chi connectivity index (χ0) is 25.5. The molecule has 11 atom stereocenters. The summed E-state index contributed by atoms with van der Waals surface area (Å²) in [6, 6.07) is 8.80. The average molecular weight is 512 g/mol. The third-order valence-corrected chi connectivity index (χ3v) is 7.39. The minimum atomic E-state index is -1.14. The lowest BCUT2D eigenvalue weighted by Crippen LogP contribution is -2.64. The van der Waals surface area contributed by atoms with Crippen molar-refractivity contribution in [3.05, 3.63) is 40.8 Å². The Morgan fingerprint density at radius 2 is 1.80 bits per heavy atom. The Bertz CT molecular complexity index is 899. The molecule has 0 aromatic heterocycles. The van der Waals surface area contributed by atoms with E-state index in [-0.39, 0.29) is 24.1 Å². The van der Waals surface area contributed by atoms with Crippen LogP contribution >= 0.6 is 11.8 Å². The van der Waals surface area contributed by atoms with E-state index >= 15 is 0 Å². The topological polar surface area (TPSA) is 170 Å². The molecule has 0 aliphatic carbocycles. The molecule has 0 bridgehead atoms. The normalized spacial score (nSPS) is 40.8. The molecule has 1 aromatic carbocycles. The number of benzene rings is 1. The fourth-order valence-corrected chi connectivity index (χ4v) is 5.45. The van der Waals surface area contributed by atoms with Crippen LogP contribution in [0.25, 0.3) is 10.4 Å². The lowest BCUT2D eigenvalue weighted by molar-refractivity contribution is -0.351. The van der Waals surface area contributed by atoms with E-state index in [4.69, 9.17) is 38.8 Å². The van der Waals surface area contributed by atoms with Crippen LogP contribution in [-0.4, -0.2) is 83.7 Å². The van der Waals surface area contributed by atoms with Gasteiger partial charge in [-0.25, -0.2) is 0 Å². The maximum atomic E-state index is 11.0. The summed E-state index contributed by atoms with van der Waals surface area (Å²) < 4.78 is 29.3. The molecule has 3 aliphatic rings. The molecule has 192 valence electrons. The van der Waals surface area contributed by atoms with Crippen LogP contribution in [-0.2, 0) is 33.3 Å². The van der Waals surface area contributed by atoms with Gasteiger partial charge in [-0.3, -0.25) is 0 Å². The monoisotopic (exact) mass is 511 g/mol. The van der Waals surface area contributed by atoms with E-state index in [9.17, 15) is 10.2 Å². The van der Waals surface area contributed by atoms with E-state index < -0.39 is 55.2 Å². The summed E-state index contributed by atoms with van der Waals surface area (Å²) in [6.07, 6.45) is -5.85. The Balaban J connectivity index is 0.00000108. The maximum absolute atomic E-state index is 11.0. The van der Waals surface area contributed by atoms with Crippen LogP contribution in [0.15, 0.2) is 40.3 Å². The van der Waals surface area contributed by atoms with Crippen LogP contribution in [0.2, 0.25) is 0 Å². The second-order valence-electron chi connectivity index (χ2n) is 8.40. The number of carbonyl (C=O) groups excluding carboxylic acids is 2. The predicted octanol–water partition coefficient (Wildman–Crippen LogP) is 1.85. The summed E-state index contributed by atoms with van der Waals surface area (Å²) in [5, 5.41) is 25.5. The van der Waals surface area contributed by atoms with Crippen molar-refractivity contribution in [1.82, 2.24) is 0 Å². The largest absolute Gasteiger partial charge is 0.390 e. The van der Waals surface area contributed by atoms with Crippen molar-refractivity contribution in [3.8, 4) is 0 Å². The number of thioether (sulfide) groups is 1.